The Hall–Kier alpha value is -2.89. The van der Waals surface area contributed by atoms with Gasteiger partial charge in [-0.05, 0) is 49.4 Å². The average molecular weight is 378 g/mol. The van der Waals surface area contributed by atoms with Crippen LogP contribution >= 0.6 is 0 Å². The summed E-state index contributed by atoms with van der Waals surface area (Å²) in [5.74, 6) is 0.720. The van der Waals surface area contributed by atoms with E-state index in [1.165, 1.54) is 0 Å². The number of nitrogens with zero attached hydrogens (tertiary/aromatic N) is 2. The Morgan fingerprint density at radius 1 is 1.07 bits per heavy atom. The number of aromatic nitrogens is 1. The molecule has 0 aliphatic carbocycles. The molecule has 6 nitrogen and oxygen atoms in total. The molecule has 2 amide bonds. The van der Waals surface area contributed by atoms with E-state index in [1.54, 1.807) is 11.1 Å². The molecule has 0 atom stereocenters. The van der Waals surface area contributed by atoms with E-state index in [1.807, 2.05) is 42.5 Å². The zero-order chi connectivity index (χ0) is 19.6. The number of unbranched alkanes of at least 4 members (excludes halogenated alkanes) is 2. The van der Waals surface area contributed by atoms with Crippen molar-refractivity contribution in [1.29, 1.82) is 0 Å². The van der Waals surface area contributed by atoms with Gasteiger partial charge in [0, 0.05) is 37.8 Å². The number of nitrogens with one attached hydrogen (secondary N) is 2. The minimum atomic E-state index is -0.128. The van der Waals surface area contributed by atoms with Crippen LogP contribution in [0.25, 0.3) is 0 Å². The van der Waals surface area contributed by atoms with Crippen LogP contribution in [-0.2, 0) is 9.59 Å². The lowest BCUT2D eigenvalue weighted by Crippen LogP contribution is -2.41. The molecule has 0 saturated heterocycles. The van der Waals surface area contributed by atoms with Gasteiger partial charge in [0.05, 0.1) is 0 Å². The Labute approximate surface area is 166 Å². The van der Waals surface area contributed by atoms with Gasteiger partial charge in [-0.3, -0.25) is 9.59 Å². The van der Waals surface area contributed by atoms with Gasteiger partial charge in [0.25, 0.3) is 0 Å². The summed E-state index contributed by atoms with van der Waals surface area (Å²) in [6.45, 7) is 1.53. The van der Waals surface area contributed by atoms with Crippen molar-refractivity contribution in [3.05, 3.63) is 60.6 Å². The largest absolute Gasteiger partial charge is 0.370 e. The third kappa shape index (κ3) is 5.81. The van der Waals surface area contributed by atoms with Gasteiger partial charge in [-0.25, -0.2) is 4.98 Å². The van der Waals surface area contributed by atoms with Crippen LogP contribution in [0, 0.1) is 6.42 Å². The maximum Gasteiger partial charge on any atom is 0.240 e. The van der Waals surface area contributed by atoms with E-state index in [9.17, 15) is 9.59 Å². The van der Waals surface area contributed by atoms with Crippen LogP contribution in [0.4, 0.5) is 11.5 Å². The van der Waals surface area contributed by atoms with Crippen LogP contribution in [0.1, 0.15) is 37.7 Å². The number of carbonyl (C=O) groups is 2. The van der Waals surface area contributed by atoms with Crippen molar-refractivity contribution in [1.82, 2.24) is 10.3 Å². The smallest absolute Gasteiger partial charge is 0.240 e. The fraction of sp³-hybridized carbons (Fsp3) is 0.364. The predicted octanol–water partition coefficient (Wildman–Crippen LogP) is 3.04. The molecule has 0 fully saturated rings. The molecule has 1 aromatic carbocycles. The molecule has 2 radical (unpaired) electrons. The minimum absolute atomic E-state index is 0.0341. The van der Waals surface area contributed by atoms with Crippen molar-refractivity contribution < 1.29 is 9.59 Å². The summed E-state index contributed by atoms with van der Waals surface area (Å²) in [6.07, 6.45) is 8.89. The summed E-state index contributed by atoms with van der Waals surface area (Å²) in [7, 11) is 0. The Bertz CT molecular complexity index is 779. The summed E-state index contributed by atoms with van der Waals surface area (Å²) in [6, 6.07) is 13.4. The van der Waals surface area contributed by atoms with E-state index in [-0.39, 0.29) is 18.4 Å². The van der Waals surface area contributed by atoms with Crippen molar-refractivity contribution in [3.63, 3.8) is 0 Å². The molecule has 2 heterocycles. The zero-order valence-electron chi connectivity index (χ0n) is 16.0. The molecule has 3 rings (SSSR count). The van der Waals surface area contributed by atoms with Gasteiger partial charge in [-0.1, -0.05) is 24.3 Å². The van der Waals surface area contributed by atoms with Crippen molar-refractivity contribution in [2.45, 2.75) is 32.1 Å². The van der Waals surface area contributed by atoms with Gasteiger partial charge < -0.3 is 15.5 Å². The normalized spacial score (nSPS) is 13.6. The first kappa shape index (κ1) is 19.9. The maximum absolute atomic E-state index is 12.4. The molecule has 0 spiro atoms. The highest BCUT2D eigenvalue weighted by atomic mass is 16.2. The quantitative estimate of drug-likeness (QED) is 0.658. The van der Waals surface area contributed by atoms with E-state index in [0.717, 1.165) is 42.9 Å². The lowest BCUT2D eigenvalue weighted by molar-refractivity contribution is -0.123. The third-order valence-electron chi connectivity index (χ3n) is 4.60. The molecule has 2 N–H and O–H groups in total. The number of hydrogen-bond donors (Lipinski definition) is 2. The van der Waals surface area contributed by atoms with Crippen LogP contribution in [0.5, 0.6) is 0 Å². The molecule has 0 bridgehead atoms. The summed E-state index contributed by atoms with van der Waals surface area (Å²) >= 11 is 0. The lowest BCUT2D eigenvalue weighted by Gasteiger charge is -2.22. The van der Waals surface area contributed by atoms with Crippen LogP contribution in [0.15, 0.2) is 48.7 Å². The molecule has 0 saturated carbocycles. The number of hydrogen-bond acceptors (Lipinski definition) is 4. The topological polar surface area (TPSA) is 74.3 Å². The predicted molar refractivity (Wildman–Crippen MR) is 110 cm³/mol. The first-order valence-electron chi connectivity index (χ1n) is 9.79. The van der Waals surface area contributed by atoms with Gasteiger partial charge >= 0.3 is 0 Å². The lowest BCUT2D eigenvalue weighted by atomic mass is 10.1. The number of pyridine rings is 1. The van der Waals surface area contributed by atoms with Crippen LogP contribution in [0.3, 0.4) is 0 Å². The molecule has 0 unspecified atom stereocenters. The first-order valence-corrected chi connectivity index (χ1v) is 9.79. The molecule has 146 valence electrons. The third-order valence-corrected chi connectivity index (χ3v) is 4.60. The number of amides is 2. The van der Waals surface area contributed by atoms with Gasteiger partial charge in [-0.2, -0.15) is 0 Å². The van der Waals surface area contributed by atoms with Gasteiger partial charge in [0.1, 0.15) is 12.4 Å². The monoisotopic (exact) mass is 378 g/mol. The van der Waals surface area contributed by atoms with E-state index in [2.05, 4.69) is 22.0 Å². The maximum atomic E-state index is 12.4. The second kappa shape index (κ2) is 10.4. The number of para-hydroxylation sites is 1. The summed E-state index contributed by atoms with van der Waals surface area (Å²) < 4.78 is 0. The van der Waals surface area contributed by atoms with Crippen molar-refractivity contribution in [3.8, 4) is 0 Å². The minimum Gasteiger partial charge on any atom is -0.370 e. The Morgan fingerprint density at radius 3 is 2.75 bits per heavy atom. The van der Waals surface area contributed by atoms with Crippen molar-refractivity contribution in [2.24, 2.45) is 0 Å². The Balaban J connectivity index is 1.36. The first-order chi connectivity index (χ1) is 13.7. The van der Waals surface area contributed by atoms with Gasteiger partial charge in [0.15, 0.2) is 0 Å². The van der Waals surface area contributed by atoms with Gasteiger partial charge in [0.2, 0.25) is 11.8 Å². The molecule has 1 aliphatic heterocycles. The van der Waals surface area contributed by atoms with Gasteiger partial charge in [-0.15, -0.1) is 0 Å². The fourth-order valence-corrected chi connectivity index (χ4v) is 3.14. The van der Waals surface area contributed by atoms with Crippen LogP contribution in [0.2, 0.25) is 0 Å². The molecule has 2 aromatic rings. The second-order valence-corrected chi connectivity index (χ2v) is 6.73. The van der Waals surface area contributed by atoms with E-state index in [0.29, 0.717) is 19.4 Å². The SMILES string of the molecule is O=C(CN1C(=O)CC[C]c2ccccc21)NCCCCCNc1ccccn1. The molecule has 1 aromatic heterocycles. The highest BCUT2D eigenvalue weighted by molar-refractivity contribution is 6.00. The molecular weight excluding hydrogens is 352 g/mol. The van der Waals surface area contributed by atoms with Crippen LogP contribution in [-0.4, -0.2) is 36.4 Å². The number of benzene rings is 1. The number of anilines is 2. The number of carbonyl (C=O) groups excluding carboxylic acids is 2. The summed E-state index contributed by atoms with van der Waals surface area (Å²) in [5, 5.41) is 6.19. The van der Waals surface area contributed by atoms with E-state index >= 15 is 0 Å². The molecular formula is C22H26N4O2. The van der Waals surface area contributed by atoms with Crippen molar-refractivity contribution >= 4 is 23.3 Å². The van der Waals surface area contributed by atoms with Crippen LogP contribution < -0.4 is 15.5 Å². The molecule has 6 heteroatoms. The zero-order valence-corrected chi connectivity index (χ0v) is 16.0. The standard InChI is InChI=1S/C22H26N4O2/c27-21(25-16-6-1-5-14-23-20-12-4-7-15-24-20)17-26-19-11-3-2-9-18(19)10-8-13-22(26)28/h2-4,7,9,11-12,15H,1,5-6,8,13-14,16-17H2,(H,23,24)(H,25,27). The van der Waals surface area contributed by atoms with E-state index in [4.69, 9.17) is 0 Å². The molecule has 1 aliphatic rings. The fourth-order valence-electron chi connectivity index (χ4n) is 3.14. The van der Waals surface area contributed by atoms with Crippen molar-refractivity contribution in [2.75, 3.05) is 29.9 Å². The summed E-state index contributed by atoms with van der Waals surface area (Å²) in [4.78, 5) is 30.5. The summed E-state index contributed by atoms with van der Waals surface area (Å²) in [5.41, 5.74) is 1.65. The highest BCUT2D eigenvalue weighted by Gasteiger charge is 2.24. The molecule has 28 heavy (non-hydrogen) atoms. The second-order valence-electron chi connectivity index (χ2n) is 6.73. The number of fused-ring (bicyclic) bond motifs is 1. The Morgan fingerprint density at radius 2 is 1.89 bits per heavy atom. The van der Waals surface area contributed by atoms with E-state index < -0.39 is 0 Å². The average Bonchev–Trinajstić information content (AvgIpc) is 2.87. The number of rotatable bonds is 9. The Kier molecular flexibility index (Phi) is 7.41. The highest BCUT2D eigenvalue weighted by Crippen LogP contribution is 2.27.